The van der Waals surface area contributed by atoms with Gasteiger partial charge in [-0.15, -0.1) is 0 Å². The fourth-order valence-electron chi connectivity index (χ4n) is 4.70. The molecule has 1 aromatic rings. The van der Waals surface area contributed by atoms with Crippen molar-refractivity contribution in [2.45, 2.75) is 168 Å². The van der Waals surface area contributed by atoms with Gasteiger partial charge in [0, 0.05) is 5.69 Å². The Balaban J connectivity index is 1.91. The first-order valence-electron chi connectivity index (χ1n) is 14.4. The maximum absolute atomic E-state index is 4.61. The zero-order chi connectivity index (χ0) is 22.2. The predicted octanol–water partition coefficient (Wildman–Crippen LogP) is 10.1. The molecule has 0 amide bonds. The van der Waals surface area contributed by atoms with Gasteiger partial charge in [-0.1, -0.05) is 142 Å². The second kappa shape index (κ2) is 22.4. The van der Waals surface area contributed by atoms with Crippen LogP contribution in [0.25, 0.3) is 0 Å². The standard InChI is InChI=1S/C29H56N2/c1-3-5-7-9-11-13-15-17-19-21-23-25-28-29(31-27-30-28)26-24-22-20-18-16-14-12-10-8-6-4-2/h27H,3-26H2,1-2H3,(H,30,31). The van der Waals surface area contributed by atoms with Crippen molar-refractivity contribution in [1.82, 2.24) is 9.97 Å². The minimum absolute atomic E-state index is 1.17. The van der Waals surface area contributed by atoms with Crippen LogP contribution in [0.1, 0.15) is 166 Å². The number of hydrogen-bond acceptors (Lipinski definition) is 1. The summed E-state index contributed by atoms with van der Waals surface area (Å²) in [6.07, 6.45) is 35.4. The van der Waals surface area contributed by atoms with Crippen LogP contribution in [0, 0.1) is 0 Å². The fourth-order valence-corrected chi connectivity index (χ4v) is 4.70. The molecule has 0 spiro atoms. The monoisotopic (exact) mass is 432 g/mol. The molecule has 2 heteroatoms. The van der Waals surface area contributed by atoms with Crippen LogP contribution in [0.5, 0.6) is 0 Å². The molecular formula is C29H56N2. The molecule has 0 saturated heterocycles. The van der Waals surface area contributed by atoms with Crippen molar-refractivity contribution in [3.63, 3.8) is 0 Å². The molecule has 0 atom stereocenters. The molecule has 0 radical (unpaired) electrons. The van der Waals surface area contributed by atoms with Gasteiger partial charge in [0.05, 0.1) is 12.0 Å². The lowest BCUT2D eigenvalue weighted by Crippen LogP contribution is -1.95. The van der Waals surface area contributed by atoms with Crippen molar-refractivity contribution in [1.29, 1.82) is 0 Å². The number of hydrogen-bond donors (Lipinski definition) is 1. The van der Waals surface area contributed by atoms with Crippen LogP contribution < -0.4 is 0 Å². The van der Waals surface area contributed by atoms with Gasteiger partial charge in [-0.05, 0) is 25.7 Å². The normalized spacial score (nSPS) is 11.4. The Morgan fingerprint density at radius 3 is 1.26 bits per heavy atom. The Kier molecular flexibility index (Phi) is 20.4. The average Bonchev–Trinajstić information content (AvgIpc) is 3.23. The average molecular weight is 433 g/mol. The zero-order valence-corrected chi connectivity index (χ0v) is 21.5. The van der Waals surface area contributed by atoms with E-state index in [2.05, 4.69) is 23.8 Å². The third kappa shape index (κ3) is 17.4. The minimum atomic E-state index is 1.17. The van der Waals surface area contributed by atoms with E-state index < -0.39 is 0 Å². The van der Waals surface area contributed by atoms with Gasteiger partial charge >= 0.3 is 0 Å². The third-order valence-corrected chi connectivity index (χ3v) is 6.85. The number of H-pyrrole nitrogens is 1. The molecule has 1 aromatic heterocycles. The maximum atomic E-state index is 4.61. The van der Waals surface area contributed by atoms with E-state index in [-0.39, 0.29) is 0 Å². The molecule has 0 unspecified atom stereocenters. The van der Waals surface area contributed by atoms with Crippen molar-refractivity contribution in [2.24, 2.45) is 0 Å². The van der Waals surface area contributed by atoms with E-state index in [1.807, 2.05) is 6.33 Å². The first-order chi connectivity index (χ1) is 15.4. The molecule has 0 aliphatic rings. The van der Waals surface area contributed by atoms with Crippen LogP contribution in [0.2, 0.25) is 0 Å². The number of nitrogens with one attached hydrogen (secondary N) is 1. The topological polar surface area (TPSA) is 28.7 Å². The van der Waals surface area contributed by atoms with Gasteiger partial charge < -0.3 is 4.98 Å². The Morgan fingerprint density at radius 2 is 0.839 bits per heavy atom. The van der Waals surface area contributed by atoms with Gasteiger partial charge in [0.25, 0.3) is 0 Å². The number of aromatic nitrogens is 2. The summed E-state index contributed by atoms with van der Waals surface area (Å²) in [5.74, 6) is 0. The van der Waals surface area contributed by atoms with E-state index in [1.165, 1.54) is 165 Å². The Bertz CT molecular complexity index is 425. The summed E-state index contributed by atoms with van der Waals surface area (Å²) in [7, 11) is 0. The number of nitrogens with zero attached hydrogens (tertiary/aromatic N) is 1. The molecule has 2 nitrogen and oxygen atoms in total. The first kappa shape index (κ1) is 28.2. The Hall–Kier alpha value is -0.790. The van der Waals surface area contributed by atoms with Crippen LogP contribution in [-0.4, -0.2) is 9.97 Å². The molecule has 1 rings (SSSR count). The number of imidazole rings is 1. The summed E-state index contributed by atoms with van der Waals surface area (Å²) in [6, 6.07) is 0. The molecule has 0 aromatic carbocycles. The molecule has 182 valence electrons. The van der Waals surface area contributed by atoms with Gasteiger partial charge in [-0.2, -0.15) is 0 Å². The number of rotatable bonds is 24. The number of aryl methyl sites for hydroxylation is 2. The summed E-state index contributed by atoms with van der Waals surface area (Å²) in [4.78, 5) is 8.03. The van der Waals surface area contributed by atoms with E-state index in [1.54, 1.807) is 0 Å². The summed E-state index contributed by atoms with van der Waals surface area (Å²) in [5.41, 5.74) is 2.77. The summed E-state index contributed by atoms with van der Waals surface area (Å²) in [5, 5.41) is 0. The van der Waals surface area contributed by atoms with Crippen LogP contribution in [0.15, 0.2) is 6.33 Å². The smallest absolute Gasteiger partial charge is 0.0925 e. The largest absolute Gasteiger partial charge is 0.348 e. The Morgan fingerprint density at radius 1 is 0.484 bits per heavy atom. The van der Waals surface area contributed by atoms with Gasteiger partial charge in [0.15, 0.2) is 0 Å². The van der Waals surface area contributed by atoms with E-state index in [9.17, 15) is 0 Å². The summed E-state index contributed by atoms with van der Waals surface area (Å²) < 4.78 is 0. The lowest BCUT2D eigenvalue weighted by atomic mass is 10.0. The number of aromatic amines is 1. The molecule has 0 saturated carbocycles. The molecule has 1 N–H and O–H groups in total. The fraction of sp³-hybridized carbons (Fsp3) is 0.897. The van der Waals surface area contributed by atoms with Crippen molar-refractivity contribution >= 4 is 0 Å². The lowest BCUT2D eigenvalue weighted by molar-refractivity contribution is 0.546. The maximum Gasteiger partial charge on any atom is 0.0925 e. The zero-order valence-electron chi connectivity index (χ0n) is 21.5. The van der Waals surface area contributed by atoms with Crippen molar-refractivity contribution < 1.29 is 0 Å². The Labute approximate surface area is 195 Å². The molecule has 0 aliphatic carbocycles. The van der Waals surface area contributed by atoms with E-state index >= 15 is 0 Å². The van der Waals surface area contributed by atoms with E-state index in [4.69, 9.17) is 0 Å². The molecular weight excluding hydrogens is 376 g/mol. The second-order valence-electron chi connectivity index (χ2n) is 9.90. The van der Waals surface area contributed by atoms with Crippen molar-refractivity contribution in [3.8, 4) is 0 Å². The highest BCUT2D eigenvalue weighted by molar-refractivity contribution is 5.11. The molecule has 1 heterocycles. The van der Waals surface area contributed by atoms with E-state index in [0.29, 0.717) is 0 Å². The van der Waals surface area contributed by atoms with Gasteiger partial charge in [-0.25, -0.2) is 4.98 Å². The van der Waals surface area contributed by atoms with Crippen LogP contribution >= 0.6 is 0 Å². The van der Waals surface area contributed by atoms with Crippen molar-refractivity contribution in [2.75, 3.05) is 0 Å². The van der Waals surface area contributed by atoms with Crippen LogP contribution in [-0.2, 0) is 12.8 Å². The highest BCUT2D eigenvalue weighted by atomic mass is 14.9. The molecule has 0 bridgehead atoms. The second-order valence-corrected chi connectivity index (χ2v) is 9.90. The van der Waals surface area contributed by atoms with Gasteiger partial charge in [0.1, 0.15) is 0 Å². The third-order valence-electron chi connectivity index (χ3n) is 6.85. The first-order valence-corrected chi connectivity index (χ1v) is 14.4. The molecule has 31 heavy (non-hydrogen) atoms. The van der Waals surface area contributed by atoms with Gasteiger partial charge in [-0.3, -0.25) is 0 Å². The van der Waals surface area contributed by atoms with Crippen LogP contribution in [0.4, 0.5) is 0 Å². The van der Waals surface area contributed by atoms with Crippen LogP contribution in [0.3, 0.4) is 0 Å². The quantitative estimate of drug-likeness (QED) is 0.162. The van der Waals surface area contributed by atoms with Crippen molar-refractivity contribution in [3.05, 3.63) is 17.7 Å². The van der Waals surface area contributed by atoms with Gasteiger partial charge in [0.2, 0.25) is 0 Å². The SMILES string of the molecule is CCCCCCCCCCCCCc1nc[nH]c1CCCCCCCCCCCCC. The molecule has 0 aliphatic heterocycles. The minimum Gasteiger partial charge on any atom is -0.348 e. The summed E-state index contributed by atoms with van der Waals surface area (Å²) in [6.45, 7) is 4.59. The predicted molar refractivity (Wildman–Crippen MR) is 139 cm³/mol. The number of unbranched alkanes of at least 4 members (excludes halogenated alkanes) is 20. The molecule has 0 fully saturated rings. The van der Waals surface area contributed by atoms with E-state index in [0.717, 1.165) is 0 Å². The lowest BCUT2D eigenvalue weighted by Gasteiger charge is -2.05. The highest BCUT2D eigenvalue weighted by Crippen LogP contribution is 2.16. The highest BCUT2D eigenvalue weighted by Gasteiger charge is 2.05. The summed E-state index contributed by atoms with van der Waals surface area (Å²) >= 11 is 0.